The molecular weight excluding hydrogens is 341 g/mol. The van der Waals surface area contributed by atoms with Gasteiger partial charge in [-0.3, -0.25) is 9.18 Å². The first-order chi connectivity index (χ1) is 12.5. The predicted molar refractivity (Wildman–Crippen MR) is 120 cm³/mol. The van der Waals surface area contributed by atoms with E-state index in [9.17, 15) is 9.18 Å². The number of carbonyl (C=O) groups excluding carboxylic acids is 1. The van der Waals surface area contributed by atoms with Gasteiger partial charge in [-0.2, -0.15) is 0 Å². The first kappa shape index (κ1) is 33.9. The second kappa shape index (κ2) is 23.4. The summed E-state index contributed by atoms with van der Waals surface area (Å²) in [5.74, 6) is 2.50. The van der Waals surface area contributed by atoms with Gasteiger partial charge in [-0.1, -0.05) is 81.6 Å². The first-order valence-corrected chi connectivity index (χ1v) is 10.8. The molecule has 1 rings (SSSR count). The summed E-state index contributed by atoms with van der Waals surface area (Å²) in [5.41, 5.74) is 5.27. The molecule has 0 aromatic rings. The molecule has 0 aliphatic heterocycles. The van der Waals surface area contributed by atoms with Gasteiger partial charge in [0, 0.05) is 13.5 Å². The second-order valence-corrected chi connectivity index (χ2v) is 8.47. The molecule has 1 saturated carbocycles. The Morgan fingerprint density at radius 1 is 1.11 bits per heavy atom. The molecule has 0 bridgehead atoms. The number of rotatable bonds is 4. The topological polar surface area (TPSA) is 63.3 Å². The van der Waals surface area contributed by atoms with E-state index in [1.54, 1.807) is 13.8 Å². The molecule has 3 nitrogen and oxygen atoms in total. The van der Waals surface area contributed by atoms with Crippen molar-refractivity contribution in [2.24, 2.45) is 28.9 Å². The molecule has 0 radical (unpaired) electrons. The number of amides is 1. The van der Waals surface area contributed by atoms with Gasteiger partial charge in [0.15, 0.2) is 0 Å². The third-order valence-corrected chi connectivity index (χ3v) is 4.46. The molecule has 0 spiro atoms. The molecule has 0 heterocycles. The standard InChI is InChI=1S/C12H24.C4H10.C3H7F.C3H7NO.CH4O/c1-5-10(2)11-8-6-7-9-12(11,3)4;1-4(2)3;1-2-3-4;1-2-3(4)5;1-2/h10-11H,5-9H2,1-4H3;4H,1-3H3;2-3H2,1H3;2H2,1H3,(H2,4,5);2H,1H3. The van der Waals surface area contributed by atoms with Crippen molar-refractivity contribution in [3.63, 3.8) is 0 Å². The number of hydrogen-bond donors (Lipinski definition) is 2. The van der Waals surface area contributed by atoms with Gasteiger partial charge in [0.05, 0.1) is 6.67 Å². The van der Waals surface area contributed by atoms with Crippen LogP contribution in [0.15, 0.2) is 0 Å². The van der Waals surface area contributed by atoms with Crippen molar-refractivity contribution in [2.45, 2.75) is 107 Å². The minimum Gasteiger partial charge on any atom is -0.400 e. The Hall–Kier alpha value is -0.640. The Labute approximate surface area is 170 Å². The Bertz CT molecular complexity index is 289. The fourth-order valence-corrected chi connectivity index (χ4v) is 2.86. The maximum absolute atomic E-state index is 10.7. The number of aliphatic hydroxyl groups excluding tert-OH is 1. The van der Waals surface area contributed by atoms with E-state index in [2.05, 4.69) is 54.2 Å². The zero-order valence-corrected chi connectivity index (χ0v) is 20.2. The molecular formula is C23H52FNO2. The zero-order chi connectivity index (χ0) is 22.5. The molecule has 27 heavy (non-hydrogen) atoms. The SMILES string of the molecule is CC(C)C.CCC(C)C1CCCCC1(C)C.CCC(N)=O.CCCF.CO. The van der Waals surface area contributed by atoms with Crippen LogP contribution in [0.3, 0.4) is 0 Å². The van der Waals surface area contributed by atoms with Crippen molar-refractivity contribution in [1.82, 2.24) is 0 Å². The monoisotopic (exact) mass is 393 g/mol. The van der Waals surface area contributed by atoms with Crippen LogP contribution < -0.4 is 5.73 Å². The van der Waals surface area contributed by atoms with Crippen molar-refractivity contribution >= 4 is 5.91 Å². The normalized spacial score (nSPS) is 18.0. The Balaban J connectivity index is -0.000000148. The van der Waals surface area contributed by atoms with E-state index in [0.717, 1.165) is 24.9 Å². The summed E-state index contributed by atoms with van der Waals surface area (Å²) in [7, 11) is 1.00. The van der Waals surface area contributed by atoms with Crippen LogP contribution in [-0.2, 0) is 4.79 Å². The quantitative estimate of drug-likeness (QED) is 0.553. The number of nitrogens with two attached hydrogens (primary N) is 1. The molecule has 2 atom stereocenters. The maximum atomic E-state index is 10.7. The second-order valence-electron chi connectivity index (χ2n) is 8.47. The van der Waals surface area contributed by atoms with Crippen LogP contribution in [0, 0.1) is 23.2 Å². The van der Waals surface area contributed by atoms with Crippen molar-refractivity contribution in [1.29, 1.82) is 0 Å². The molecule has 0 aromatic heterocycles. The number of primary amides is 1. The summed E-state index contributed by atoms with van der Waals surface area (Å²) in [6, 6.07) is 0. The van der Waals surface area contributed by atoms with Crippen molar-refractivity contribution in [3.05, 3.63) is 0 Å². The maximum Gasteiger partial charge on any atom is 0.217 e. The highest BCUT2D eigenvalue weighted by atomic mass is 19.1. The van der Waals surface area contributed by atoms with E-state index in [4.69, 9.17) is 5.11 Å². The van der Waals surface area contributed by atoms with Crippen LogP contribution in [0.2, 0.25) is 0 Å². The summed E-state index contributed by atoms with van der Waals surface area (Å²) in [5, 5.41) is 7.00. The average Bonchev–Trinajstić information content (AvgIpc) is 2.62. The third kappa shape index (κ3) is 27.7. The van der Waals surface area contributed by atoms with Crippen LogP contribution >= 0.6 is 0 Å². The van der Waals surface area contributed by atoms with Crippen LogP contribution in [0.25, 0.3) is 0 Å². The molecule has 4 heteroatoms. The largest absolute Gasteiger partial charge is 0.400 e. The van der Waals surface area contributed by atoms with E-state index in [0.29, 0.717) is 18.3 Å². The molecule has 0 aromatic carbocycles. The molecule has 168 valence electrons. The highest BCUT2D eigenvalue weighted by Crippen LogP contribution is 2.45. The molecule has 1 amide bonds. The van der Waals surface area contributed by atoms with Crippen LogP contribution in [0.5, 0.6) is 0 Å². The molecule has 0 saturated heterocycles. The number of alkyl halides is 1. The van der Waals surface area contributed by atoms with Crippen molar-refractivity contribution < 1.29 is 14.3 Å². The van der Waals surface area contributed by atoms with E-state index >= 15 is 0 Å². The molecule has 1 aliphatic carbocycles. The number of halogens is 1. The van der Waals surface area contributed by atoms with Gasteiger partial charge in [-0.15, -0.1) is 0 Å². The van der Waals surface area contributed by atoms with E-state index in [-0.39, 0.29) is 12.6 Å². The lowest BCUT2D eigenvalue weighted by molar-refractivity contribution is -0.117. The lowest BCUT2D eigenvalue weighted by Gasteiger charge is -2.42. The van der Waals surface area contributed by atoms with Crippen LogP contribution in [0.1, 0.15) is 107 Å². The van der Waals surface area contributed by atoms with Gasteiger partial charge in [0.25, 0.3) is 0 Å². The van der Waals surface area contributed by atoms with E-state index in [1.165, 1.54) is 32.1 Å². The van der Waals surface area contributed by atoms with Gasteiger partial charge < -0.3 is 10.8 Å². The fourth-order valence-electron chi connectivity index (χ4n) is 2.86. The Morgan fingerprint density at radius 2 is 1.48 bits per heavy atom. The number of hydrogen-bond acceptors (Lipinski definition) is 2. The van der Waals surface area contributed by atoms with Crippen molar-refractivity contribution in [2.75, 3.05) is 13.8 Å². The number of carbonyl (C=O) groups is 1. The van der Waals surface area contributed by atoms with Gasteiger partial charge in [-0.05, 0) is 42.4 Å². The third-order valence-electron chi connectivity index (χ3n) is 4.46. The Morgan fingerprint density at radius 3 is 1.70 bits per heavy atom. The van der Waals surface area contributed by atoms with Crippen LogP contribution in [0.4, 0.5) is 4.39 Å². The van der Waals surface area contributed by atoms with Gasteiger partial charge >= 0.3 is 0 Å². The summed E-state index contributed by atoms with van der Waals surface area (Å²) in [6.45, 7) is 19.5. The lowest BCUT2D eigenvalue weighted by atomic mass is 9.64. The van der Waals surface area contributed by atoms with E-state index < -0.39 is 0 Å². The van der Waals surface area contributed by atoms with Gasteiger partial charge in [-0.25, -0.2) is 0 Å². The molecule has 3 N–H and O–H groups in total. The molecule has 1 fully saturated rings. The van der Waals surface area contributed by atoms with Crippen LogP contribution in [-0.4, -0.2) is 24.8 Å². The zero-order valence-electron chi connectivity index (χ0n) is 20.2. The lowest BCUT2D eigenvalue weighted by Crippen LogP contribution is -2.32. The van der Waals surface area contributed by atoms with Crippen molar-refractivity contribution in [3.8, 4) is 0 Å². The van der Waals surface area contributed by atoms with Gasteiger partial charge in [0.2, 0.25) is 5.91 Å². The summed E-state index contributed by atoms with van der Waals surface area (Å²) < 4.78 is 10.7. The summed E-state index contributed by atoms with van der Waals surface area (Å²) >= 11 is 0. The highest BCUT2D eigenvalue weighted by molar-refractivity contribution is 5.73. The predicted octanol–water partition coefficient (Wildman–Crippen LogP) is 6.77. The summed E-state index contributed by atoms with van der Waals surface area (Å²) in [4.78, 5) is 9.59. The smallest absolute Gasteiger partial charge is 0.217 e. The summed E-state index contributed by atoms with van der Waals surface area (Å²) in [6.07, 6.45) is 8.30. The number of aliphatic hydroxyl groups is 1. The molecule has 1 aliphatic rings. The fraction of sp³-hybridized carbons (Fsp3) is 0.957. The first-order valence-electron chi connectivity index (χ1n) is 10.8. The van der Waals surface area contributed by atoms with Gasteiger partial charge in [0.1, 0.15) is 0 Å². The van der Waals surface area contributed by atoms with E-state index in [1.807, 2.05) is 0 Å². The molecule has 2 unspecified atom stereocenters. The minimum atomic E-state index is -0.245. The highest BCUT2D eigenvalue weighted by Gasteiger charge is 2.34. The minimum absolute atomic E-state index is 0.181. The Kier molecular flexibility index (Phi) is 29.4. The average molecular weight is 394 g/mol.